The second-order valence-electron chi connectivity index (χ2n) is 4.57. The molecular weight excluding hydrogens is 352 g/mol. The van der Waals surface area contributed by atoms with Gasteiger partial charge in [-0.1, -0.05) is 0 Å². The van der Waals surface area contributed by atoms with E-state index in [0.29, 0.717) is 6.07 Å². The molecule has 0 bridgehead atoms. The lowest BCUT2D eigenvalue weighted by Crippen LogP contribution is -2.22. The second-order valence-corrected chi connectivity index (χ2v) is 7.38. The Bertz CT molecular complexity index is 946. The van der Waals surface area contributed by atoms with Crippen molar-refractivity contribution < 1.29 is 35.5 Å². The summed E-state index contributed by atoms with van der Waals surface area (Å²) in [6, 6.07) is 2.32. The van der Waals surface area contributed by atoms with Crippen LogP contribution in [0.2, 0.25) is 0 Å². The number of carbonyl (C=O) groups is 2. The lowest BCUT2D eigenvalue weighted by atomic mass is 10.2. The summed E-state index contributed by atoms with van der Waals surface area (Å²) >= 11 is 0. The van der Waals surface area contributed by atoms with Crippen LogP contribution in [0.15, 0.2) is 33.1 Å². The Morgan fingerprint density at radius 2 is 1.78 bits per heavy atom. The van der Waals surface area contributed by atoms with Gasteiger partial charge in [0.15, 0.2) is 11.5 Å². The molecule has 1 aromatic carbocycles. The summed E-state index contributed by atoms with van der Waals surface area (Å²) in [5.41, 5.74) is -0.713. The summed E-state index contributed by atoms with van der Waals surface area (Å²) in [4.78, 5) is 21.2. The predicted octanol–water partition coefficient (Wildman–Crippen LogP) is -0.486. The van der Waals surface area contributed by atoms with Crippen LogP contribution in [0.4, 0.5) is 5.69 Å². The Balaban J connectivity index is 2.65. The molecule has 0 aromatic heterocycles. The summed E-state index contributed by atoms with van der Waals surface area (Å²) in [6.45, 7) is 0.647. The van der Waals surface area contributed by atoms with Crippen LogP contribution in [0.3, 0.4) is 0 Å². The predicted molar refractivity (Wildman–Crippen MR) is 76.5 cm³/mol. The van der Waals surface area contributed by atoms with Crippen molar-refractivity contribution in [3.63, 3.8) is 0 Å². The average Bonchev–Trinajstić information content (AvgIpc) is 2.78. The molecule has 2 rings (SSSR count). The van der Waals surface area contributed by atoms with E-state index in [1.54, 1.807) is 0 Å². The van der Waals surface area contributed by atoms with Gasteiger partial charge < -0.3 is 0 Å². The van der Waals surface area contributed by atoms with E-state index in [2.05, 4.69) is 5.10 Å². The van der Waals surface area contributed by atoms with E-state index in [9.17, 15) is 31.0 Å². The van der Waals surface area contributed by atoms with E-state index in [0.717, 1.165) is 24.1 Å². The molecule has 23 heavy (non-hydrogen) atoms. The van der Waals surface area contributed by atoms with Crippen molar-refractivity contribution in [1.29, 1.82) is 0 Å². The number of ketones is 2. The molecule has 10 nitrogen and oxygen atoms in total. The molecule has 1 heterocycles. The molecule has 1 aliphatic heterocycles. The van der Waals surface area contributed by atoms with Crippen LogP contribution in [0.5, 0.6) is 0 Å². The minimum absolute atomic E-state index is 0.315. The topological polar surface area (TPSA) is 158 Å². The van der Waals surface area contributed by atoms with Gasteiger partial charge in [0.2, 0.25) is 5.78 Å². The number of carbonyl (C=O) groups excluding carboxylic acids is 2. The second kappa shape index (κ2) is 5.49. The fraction of sp³-hybridized carbons (Fsp3) is 0.182. The fourth-order valence-electron chi connectivity index (χ4n) is 1.90. The van der Waals surface area contributed by atoms with Crippen LogP contribution in [0.25, 0.3) is 0 Å². The Hall–Kier alpha value is -2.15. The van der Waals surface area contributed by atoms with E-state index < -0.39 is 53.9 Å². The van der Waals surface area contributed by atoms with Crippen LogP contribution >= 0.6 is 0 Å². The van der Waals surface area contributed by atoms with Gasteiger partial charge in [-0.2, -0.15) is 21.9 Å². The lowest BCUT2D eigenvalue weighted by molar-refractivity contribution is -0.114. The SMILES string of the molecule is CC(=O)C1=NN(c2ccc(S(=O)(=O)O)cc2S(=O)(=O)O)CC1=O. The molecule has 0 aliphatic carbocycles. The lowest BCUT2D eigenvalue weighted by Gasteiger charge is -2.16. The highest BCUT2D eigenvalue weighted by atomic mass is 32.2. The highest BCUT2D eigenvalue weighted by Gasteiger charge is 2.31. The first kappa shape index (κ1) is 17.2. The maximum absolute atomic E-state index is 11.6. The normalized spacial score (nSPS) is 15.7. The smallest absolute Gasteiger partial charge is 0.293 e. The number of hydrazone groups is 1. The third kappa shape index (κ3) is 3.44. The number of hydrogen-bond acceptors (Lipinski definition) is 8. The first-order chi connectivity index (χ1) is 10.4. The number of anilines is 1. The Morgan fingerprint density at radius 3 is 2.22 bits per heavy atom. The zero-order valence-corrected chi connectivity index (χ0v) is 13.1. The maximum atomic E-state index is 11.6. The van der Waals surface area contributed by atoms with Gasteiger partial charge in [0, 0.05) is 6.92 Å². The molecule has 0 unspecified atom stereocenters. The van der Waals surface area contributed by atoms with Gasteiger partial charge in [-0.3, -0.25) is 23.7 Å². The zero-order chi connectivity index (χ0) is 17.6. The Kier molecular flexibility index (Phi) is 4.11. The van der Waals surface area contributed by atoms with E-state index in [4.69, 9.17) is 4.55 Å². The van der Waals surface area contributed by atoms with E-state index in [1.807, 2.05) is 0 Å². The standard InChI is InChI=1S/C11H10N2O8S2/c1-6(14)11-9(15)5-13(12-11)8-3-2-7(22(16,17)18)4-10(8)23(19,20)21/h2-4H,5H2,1H3,(H,16,17,18)(H,19,20,21). The van der Waals surface area contributed by atoms with Gasteiger partial charge in [-0.25, -0.2) is 0 Å². The Labute approximate surface area is 130 Å². The molecule has 0 fully saturated rings. The summed E-state index contributed by atoms with van der Waals surface area (Å²) in [5.74, 6) is -1.28. The van der Waals surface area contributed by atoms with Gasteiger partial charge in [-0.15, -0.1) is 0 Å². The van der Waals surface area contributed by atoms with Gasteiger partial charge in [0.05, 0.1) is 10.6 Å². The van der Waals surface area contributed by atoms with Crippen LogP contribution in [-0.2, 0) is 29.8 Å². The van der Waals surface area contributed by atoms with Crippen LogP contribution in [0.1, 0.15) is 6.92 Å². The summed E-state index contributed by atoms with van der Waals surface area (Å²) in [6.07, 6.45) is 0. The van der Waals surface area contributed by atoms with Crippen molar-refractivity contribution in [2.24, 2.45) is 5.10 Å². The monoisotopic (exact) mass is 362 g/mol. The molecule has 1 aromatic rings. The number of rotatable bonds is 4. The Morgan fingerprint density at radius 1 is 1.17 bits per heavy atom. The quantitative estimate of drug-likeness (QED) is 0.674. The summed E-state index contributed by atoms with van der Waals surface area (Å²) < 4.78 is 63.2. The molecule has 0 radical (unpaired) electrons. The van der Waals surface area contributed by atoms with Crippen molar-refractivity contribution in [1.82, 2.24) is 0 Å². The van der Waals surface area contributed by atoms with E-state index in [-0.39, 0.29) is 5.69 Å². The molecule has 0 atom stereocenters. The van der Waals surface area contributed by atoms with Gasteiger partial charge in [0.25, 0.3) is 20.2 Å². The van der Waals surface area contributed by atoms with Gasteiger partial charge in [-0.05, 0) is 18.2 Å². The van der Waals surface area contributed by atoms with Crippen molar-refractivity contribution in [3.8, 4) is 0 Å². The number of benzene rings is 1. The van der Waals surface area contributed by atoms with E-state index in [1.165, 1.54) is 0 Å². The largest absolute Gasteiger partial charge is 0.296 e. The van der Waals surface area contributed by atoms with E-state index >= 15 is 0 Å². The van der Waals surface area contributed by atoms with Gasteiger partial charge >= 0.3 is 0 Å². The van der Waals surface area contributed by atoms with Crippen molar-refractivity contribution in [3.05, 3.63) is 18.2 Å². The first-order valence-corrected chi connectivity index (χ1v) is 8.78. The molecule has 0 spiro atoms. The number of nitrogens with zero attached hydrogens (tertiary/aromatic N) is 2. The molecule has 12 heteroatoms. The van der Waals surface area contributed by atoms with Crippen molar-refractivity contribution in [2.45, 2.75) is 16.7 Å². The number of Topliss-reactive ketones (excluding diaryl/α,β-unsaturated/α-hetero) is 2. The molecule has 124 valence electrons. The molecule has 0 saturated carbocycles. The van der Waals surface area contributed by atoms with Crippen LogP contribution in [0, 0.1) is 0 Å². The summed E-state index contributed by atoms with van der Waals surface area (Å²) in [5, 5.41) is 4.51. The highest BCUT2D eigenvalue weighted by molar-refractivity contribution is 7.86. The minimum atomic E-state index is -4.89. The molecule has 0 saturated heterocycles. The average molecular weight is 362 g/mol. The third-order valence-corrected chi connectivity index (χ3v) is 4.63. The summed E-state index contributed by atoms with van der Waals surface area (Å²) in [7, 11) is -9.60. The minimum Gasteiger partial charge on any atom is -0.293 e. The van der Waals surface area contributed by atoms with Crippen molar-refractivity contribution >= 4 is 43.2 Å². The third-order valence-electron chi connectivity index (χ3n) is 2.90. The van der Waals surface area contributed by atoms with Crippen LogP contribution in [-0.4, -0.2) is 49.8 Å². The first-order valence-electron chi connectivity index (χ1n) is 5.90. The molecular formula is C11H10N2O8S2. The molecule has 1 aliphatic rings. The zero-order valence-electron chi connectivity index (χ0n) is 11.5. The van der Waals surface area contributed by atoms with Gasteiger partial charge in [0.1, 0.15) is 11.4 Å². The fourth-order valence-corrected chi connectivity index (χ4v) is 3.20. The highest BCUT2D eigenvalue weighted by Crippen LogP contribution is 2.29. The van der Waals surface area contributed by atoms with Crippen LogP contribution < -0.4 is 5.01 Å². The maximum Gasteiger partial charge on any atom is 0.296 e. The van der Waals surface area contributed by atoms with Crippen molar-refractivity contribution in [2.75, 3.05) is 11.6 Å². The molecule has 2 N–H and O–H groups in total. The molecule has 0 amide bonds. The number of hydrogen-bond donors (Lipinski definition) is 2.